The number of rotatable bonds is 2. The molecule has 0 aliphatic carbocycles. The third-order valence-electron chi connectivity index (χ3n) is 3.00. The molecule has 0 aromatic carbocycles. The van der Waals surface area contributed by atoms with Crippen LogP contribution in [0.1, 0.15) is 38.6 Å². The largest absolute Gasteiger partial charge is 0.340 e. The van der Waals surface area contributed by atoms with Gasteiger partial charge in [-0.15, -0.1) is 0 Å². The molecule has 2 heterocycles. The summed E-state index contributed by atoms with van der Waals surface area (Å²) < 4.78 is 0. The van der Waals surface area contributed by atoms with Gasteiger partial charge in [0, 0.05) is 11.6 Å². The SMILES string of the molecule is CCC(C)(C)c1nc2ncc(C)cc2[nH]1. The minimum atomic E-state index is 0.0919. The summed E-state index contributed by atoms with van der Waals surface area (Å²) in [6, 6.07) is 2.09. The first kappa shape index (κ1) is 10.1. The first-order valence-electron chi connectivity index (χ1n) is 5.36. The molecule has 0 saturated heterocycles. The number of aryl methyl sites for hydroxylation is 1. The maximum absolute atomic E-state index is 4.53. The molecule has 80 valence electrons. The summed E-state index contributed by atoms with van der Waals surface area (Å²) >= 11 is 0. The zero-order valence-corrected chi connectivity index (χ0v) is 9.76. The molecule has 0 unspecified atom stereocenters. The van der Waals surface area contributed by atoms with Crippen molar-refractivity contribution in [1.29, 1.82) is 0 Å². The van der Waals surface area contributed by atoms with Crippen LogP contribution in [0.4, 0.5) is 0 Å². The van der Waals surface area contributed by atoms with Crippen molar-refractivity contribution in [3.63, 3.8) is 0 Å². The second-order valence-electron chi connectivity index (χ2n) is 4.71. The monoisotopic (exact) mass is 203 g/mol. The Morgan fingerprint density at radius 3 is 2.80 bits per heavy atom. The molecule has 0 fully saturated rings. The number of aromatic nitrogens is 3. The minimum Gasteiger partial charge on any atom is -0.340 e. The van der Waals surface area contributed by atoms with E-state index in [9.17, 15) is 0 Å². The molecule has 0 saturated carbocycles. The van der Waals surface area contributed by atoms with Gasteiger partial charge in [-0.2, -0.15) is 0 Å². The zero-order chi connectivity index (χ0) is 11.1. The van der Waals surface area contributed by atoms with Gasteiger partial charge in [-0.3, -0.25) is 0 Å². The predicted octanol–water partition coefficient (Wildman–Crippen LogP) is 2.95. The van der Waals surface area contributed by atoms with Crippen LogP contribution in [0.25, 0.3) is 11.2 Å². The molecule has 0 amide bonds. The number of fused-ring (bicyclic) bond motifs is 1. The van der Waals surface area contributed by atoms with Crippen molar-refractivity contribution in [1.82, 2.24) is 15.0 Å². The van der Waals surface area contributed by atoms with Crippen LogP contribution in [-0.2, 0) is 5.41 Å². The third kappa shape index (κ3) is 1.74. The second-order valence-corrected chi connectivity index (χ2v) is 4.71. The molecule has 15 heavy (non-hydrogen) atoms. The summed E-state index contributed by atoms with van der Waals surface area (Å²) in [5.74, 6) is 1.03. The highest BCUT2D eigenvalue weighted by Gasteiger charge is 2.22. The molecular formula is C12H17N3. The fourth-order valence-electron chi connectivity index (χ4n) is 1.49. The third-order valence-corrected chi connectivity index (χ3v) is 3.00. The van der Waals surface area contributed by atoms with E-state index in [1.807, 2.05) is 13.1 Å². The number of nitrogens with one attached hydrogen (secondary N) is 1. The molecule has 3 heteroatoms. The summed E-state index contributed by atoms with van der Waals surface area (Å²) in [6.45, 7) is 8.60. The number of nitrogens with zero attached hydrogens (tertiary/aromatic N) is 2. The topological polar surface area (TPSA) is 41.6 Å². The number of aromatic amines is 1. The number of imidazole rings is 1. The Bertz CT molecular complexity index is 483. The first-order valence-corrected chi connectivity index (χ1v) is 5.36. The van der Waals surface area contributed by atoms with Gasteiger partial charge in [-0.25, -0.2) is 9.97 Å². The molecule has 2 aromatic heterocycles. The highest BCUT2D eigenvalue weighted by molar-refractivity contribution is 5.71. The van der Waals surface area contributed by atoms with Crippen molar-refractivity contribution in [2.75, 3.05) is 0 Å². The molecule has 0 radical (unpaired) electrons. The molecule has 1 N–H and O–H groups in total. The van der Waals surface area contributed by atoms with Gasteiger partial charge in [0.25, 0.3) is 0 Å². The van der Waals surface area contributed by atoms with Crippen LogP contribution in [0, 0.1) is 6.92 Å². The number of hydrogen-bond acceptors (Lipinski definition) is 2. The Balaban J connectivity index is 2.56. The van der Waals surface area contributed by atoms with Gasteiger partial charge in [0.15, 0.2) is 5.65 Å². The lowest BCUT2D eigenvalue weighted by atomic mass is 9.90. The Morgan fingerprint density at radius 2 is 2.13 bits per heavy atom. The van der Waals surface area contributed by atoms with Gasteiger partial charge in [0.05, 0.1) is 5.52 Å². The fraction of sp³-hybridized carbons (Fsp3) is 0.500. The first-order chi connectivity index (χ1) is 7.03. The van der Waals surface area contributed by atoms with E-state index in [2.05, 4.69) is 41.8 Å². The van der Waals surface area contributed by atoms with E-state index in [4.69, 9.17) is 0 Å². The molecule has 0 bridgehead atoms. The van der Waals surface area contributed by atoms with E-state index < -0.39 is 0 Å². The number of pyridine rings is 1. The average molecular weight is 203 g/mol. The summed E-state index contributed by atoms with van der Waals surface area (Å²) in [5.41, 5.74) is 3.10. The molecule has 0 spiro atoms. The second kappa shape index (κ2) is 3.33. The number of hydrogen-bond donors (Lipinski definition) is 1. The number of H-pyrrole nitrogens is 1. The Labute approximate surface area is 90.0 Å². The normalized spacial score (nSPS) is 12.3. The van der Waals surface area contributed by atoms with E-state index in [1.54, 1.807) is 0 Å². The highest BCUT2D eigenvalue weighted by Crippen LogP contribution is 2.25. The van der Waals surface area contributed by atoms with Gasteiger partial charge < -0.3 is 4.98 Å². The summed E-state index contributed by atoms with van der Waals surface area (Å²) in [5, 5.41) is 0. The van der Waals surface area contributed by atoms with Crippen LogP contribution in [-0.4, -0.2) is 15.0 Å². The van der Waals surface area contributed by atoms with Gasteiger partial charge in [0.2, 0.25) is 0 Å². The smallest absolute Gasteiger partial charge is 0.177 e. The van der Waals surface area contributed by atoms with Crippen molar-refractivity contribution in [3.8, 4) is 0 Å². The quantitative estimate of drug-likeness (QED) is 0.815. The molecule has 0 aliphatic heterocycles. The van der Waals surface area contributed by atoms with Crippen LogP contribution in [0.2, 0.25) is 0 Å². The van der Waals surface area contributed by atoms with Gasteiger partial charge in [-0.05, 0) is 25.0 Å². The zero-order valence-electron chi connectivity index (χ0n) is 9.76. The maximum atomic E-state index is 4.53. The lowest BCUT2D eigenvalue weighted by Crippen LogP contribution is -2.17. The highest BCUT2D eigenvalue weighted by atomic mass is 15.0. The van der Waals surface area contributed by atoms with Crippen molar-refractivity contribution in [2.45, 2.75) is 39.5 Å². The van der Waals surface area contributed by atoms with Crippen LogP contribution >= 0.6 is 0 Å². The van der Waals surface area contributed by atoms with Crippen LogP contribution < -0.4 is 0 Å². The van der Waals surface area contributed by atoms with Gasteiger partial charge in [0.1, 0.15) is 5.82 Å². The maximum Gasteiger partial charge on any atom is 0.177 e. The van der Waals surface area contributed by atoms with E-state index in [-0.39, 0.29) is 5.41 Å². The van der Waals surface area contributed by atoms with Crippen molar-refractivity contribution >= 4 is 11.2 Å². The standard InChI is InChI=1S/C12H17N3/c1-5-12(3,4)11-14-9-6-8(2)7-13-10(9)15-11/h6-7H,5H2,1-4H3,(H,13,14,15). The summed E-state index contributed by atoms with van der Waals surface area (Å²) in [7, 11) is 0. The Morgan fingerprint density at radius 1 is 1.40 bits per heavy atom. The van der Waals surface area contributed by atoms with Gasteiger partial charge in [-0.1, -0.05) is 20.8 Å². The van der Waals surface area contributed by atoms with Gasteiger partial charge >= 0.3 is 0 Å². The molecule has 3 nitrogen and oxygen atoms in total. The molecule has 2 rings (SSSR count). The van der Waals surface area contributed by atoms with E-state index >= 15 is 0 Å². The van der Waals surface area contributed by atoms with E-state index in [0.717, 1.165) is 29.0 Å². The molecular weight excluding hydrogens is 186 g/mol. The van der Waals surface area contributed by atoms with Crippen LogP contribution in [0.3, 0.4) is 0 Å². The van der Waals surface area contributed by atoms with Crippen molar-refractivity contribution < 1.29 is 0 Å². The Hall–Kier alpha value is -1.38. The average Bonchev–Trinajstić information content (AvgIpc) is 2.61. The minimum absolute atomic E-state index is 0.0919. The van der Waals surface area contributed by atoms with Crippen LogP contribution in [0.5, 0.6) is 0 Å². The lowest BCUT2D eigenvalue weighted by molar-refractivity contribution is 0.479. The summed E-state index contributed by atoms with van der Waals surface area (Å²) in [4.78, 5) is 12.2. The molecule has 0 atom stereocenters. The molecule has 2 aromatic rings. The van der Waals surface area contributed by atoms with E-state index in [1.165, 1.54) is 0 Å². The predicted molar refractivity (Wildman–Crippen MR) is 61.9 cm³/mol. The molecule has 0 aliphatic rings. The fourth-order valence-corrected chi connectivity index (χ4v) is 1.49. The summed E-state index contributed by atoms with van der Waals surface area (Å²) in [6.07, 6.45) is 2.91. The Kier molecular flexibility index (Phi) is 2.25. The van der Waals surface area contributed by atoms with Crippen molar-refractivity contribution in [2.24, 2.45) is 0 Å². The lowest BCUT2D eigenvalue weighted by Gasteiger charge is -2.18. The van der Waals surface area contributed by atoms with Crippen molar-refractivity contribution in [3.05, 3.63) is 23.7 Å². The van der Waals surface area contributed by atoms with E-state index in [0.29, 0.717) is 0 Å². The van der Waals surface area contributed by atoms with Crippen LogP contribution in [0.15, 0.2) is 12.3 Å².